The van der Waals surface area contributed by atoms with E-state index in [0.717, 1.165) is 37.9 Å². The quantitative estimate of drug-likeness (QED) is 0.328. The van der Waals surface area contributed by atoms with Gasteiger partial charge in [-0.05, 0) is 93.6 Å². The lowest BCUT2D eigenvalue weighted by Gasteiger charge is -2.29. The van der Waals surface area contributed by atoms with Crippen molar-refractivity contribution in [1.82, 2.24) is 10.6 Å². The number of hydrogen-bond donors (Lipinski definition) is 2. The van der Waals surface area contributed by atoms with Crippen LogP contribution >= 0.6 is 0 Å². The van der Waals surface area contributed by atoms with Crippen LogP contribution < -0.4 is 10.6 Å². The molecule has 0 radical (unpaired) electrons. The molecule has 4 rings (SSSR count). The summed E-state index contributed by atoms with van der Waals surface area (Å²) in [5.74, 6) is -0.745. The van der Waals surface area contributed by atoms with Gasteiger partial charge in [0.15, 0.2) is 5.78 Å². The smallest absolute Gasteiger partial charge is 0.252 e. The summed E-state index contributed by atoms with van der Waals surface area (Å²) in [7, 11) is 0. The Morgan fingerprint density at radius 3 is 2.33 bits per heavy atom. The summed E-state index contributed by atoms with van der Waals surface area (Å²) < 4.78 is 28.9. The Bertz CT molecular complexity index is 1170. The van der Waals surface area contributed by atoms with E-state index in [1.165, 1.54) is 31.2 Å². The second-order valence-corrected chi connectivity index (χ2v) is 10.5. The molecule has 1 heterocycles. The molecule has 192 valence electrons. The van der Waals surface area contributed by atoms with Crippen LogP contribution in [-0.2, 0) is 4.79 Å². The first-order chi connectivity index (χ1) is 17.2. The van der Waals surface area contributed by atoms with Crippen LogP contribution in [-0.4, -0.2) is 24.8 Å². The number of hydrogen-bond acceptors (Lipinski definition) is 3. The molecule has 0 spiro atoms. The predicted molar refractivity (Wildman–Crippen MR) is 138 cm³/mol. The van der Waals surface area contributed by atoms with Gasteiger partial charge in [0.05, 0.1) is 11.6 Å². The van der Waals surface area contributed by atoms with Crippen molar-refractivity contribution in [1.29, 1.82) is 0 Å². The number of ketones is 1. The molecule has 1 saturated carbocycles. The number of halogens is 2. The van der Waals surface area contributed by atoms with E-state index in [1.807, 2.05) is 13.0 Å². The van der Waals surface area contributed by atoms with Gasteiger partial charge in [-0.3, -0.25) is 9.59 Å². The molecule has 6 heteroatoms. The third-order valence-corrected chi connectivity index (χ3v) is 8.16. The van der Waals surface area contributed by atoms with Gasteiger partial charge in [-0.1, -0.05) is 43.7 Å². The van der Waals surface area contributed by atoms with Gasteiger partial charge in [0.2, 0.25) is 0 Å². The van der Waals surface area contributed by atoms with Gasteiger partial charge in [0, 0.05) is 11.1 Å². The van der Waals surface area contributed by atoms with Crippen LogP contribution in [0.25, 0.3) is 5.57 Å². The van der Waals surface area contributed by atoms with Crippen molar-refractivity contribution in [2.75, 3.05) is 13.1 Å². The Morgan fingerprint density at radius 2 is 1.72 bits per heavy atom. The normalized spacial score (nSPS) is 20.9. The molecule has 1 saturated heterocycles. The summed E-state index contributed by atoms with van der Waals surface area (Å²) in [6.45, 7) is 9.45. The number of amides is 1. The molecule has 2 fully saturated rings. The number of carbonyl (C=O) groups is 2. The Labute approximate surface area is 212 Å². The fraction of sp³-hybridized carbons (Fsp3) is 0.467. The molecule has 0 aromatic heterocycles. The fourth-order valence-electron chi connectivity index (χ4n) is 5.58. The molecule has 2 aliphatic rings. The van der Waals surface area contributed by atoms with E-state index in [0.29, 0.717) is 28.5 Å². The molecule has 0 bridgehead atoms. The first-order valence-corrected chi connectivity index (χ1v) is 13.0. The Hall–Kier alpha value is -2.86. The molecule has 2 N–H and O–H groups in total. The highest BCUT2D eigenvalue weighted by Crippen LogP contribution is 2.42. The van der Waals surface area contributed by atoms with E-state index < -0.39 is 11.6 Å². The molecular formula is C30H36F2N2O2. The molecule has 4 unspecified atom stereocenters. The molecule has 1 aliphatic carbocycles. The van der Waals surface area contributed by atoms with Crippen molar-refractivity contribution in [2.24, 2.45) is 23.7 Å². The summed E-state index contributed by atoms with van der Waals surface area (Å²) in [6.07, 6.45) is 2.96. The lowest BCUT2D eigenvalue weighted by atomic mass is 9.77. The topological polar surface area (TPSA) is 58.2 Å². The van der Waals surface area contributed by atoms with Crippen molar-refractivity contribution in [2.45, 2.75) is 53.0 Å². The van der Waals surface area contributed by atoms with Crippen LogP contribution in [0.5, 0.6) is 0 Å². The third-order valence-electron chi connectivity index (χ3n) is 8.16. The van der Waals surface area contributed by atoms with Gasteiger partial charge in [-0.2, -0.15) is 0 Å². The average molecular weight is 495 g/mol. The Balaban J connectivity index is 1.78. The summed E-state index contributed by atoms with van der Waals surface area (Å²) in [5, 5.41) is 6.55. The second kappa shape index (κ2) is 11.0. The van der Waals surface area contributed by atoms with Gasteiger partial charge in [-0.25, -0.2) is 8.78 Å². The zero-order valence-corrected chi connectivity index (χ0v) is 21.5. The van der Waals surface area contributed by atoms with Gasteiger partial charge in [0.1, 0.15) is 11.6 Å². The van der Waals surface area contributed by atoms with Crippen molar-refractivity contribution in [3.05, 3.63) is 76.4 Å². The number of Topliss-reactive ketones (excluding diaryl/α,β-unsaturated/α-hetero) is 1. The molecule has 2 aromatic rings. The van der Waals surface area contributed by atoms with E-state index in [1.54, 1.807) is 12.1 Å². The summed E-state index contributed by atoms with van der Waals surface area (Å²) >= 11 is 0. The van der Waals surface area contributed by atoms with Gasteiger partial charge in [-0.15, -0.1) is 0 Å². The highest BCUT2D eigenvalue weighted by molar-refractivity contribution is 6.23. The molecule has 1 amide bonds. The van der Waals surface area contributed by atoms with Crippen molar-refractivity contribution in [3.8, 4) is 0 Å². The highest BCUT2D eigenvalue weighted by Gasteiger charge is 2.36. The molecule has 1 aliphatic heterocycles. The Morgan fingerprint density at radius 1 is 1.00 bits per heavy atom. The van der Waals surface area contributed by atoms with Crippen molar-refractivity contribution >= 4 is 17.3 Å². The SMILES string of the molecule is CC(=O)c1c(F)cccc1C(C(=O)NC(c1cccc(F)c1)C1CC1)=C(C)C(C)C(C)C1CCNC1. The number of benzene rings is 2. The van der Waals surface area contributed by atoms with Crippen LogP contribution in [0.1, 0.15) is 74.5 Å². The molecule has 36 heavy (non-hydrogen) atoms. The lowest BCUT2D eigenvalue weighted by Crippen LogP contribution is -2.32. The average Bonchev–Trinajstić information content (AvgIpc) is 3.53. The maximum absolute atomic E-state index is 14.9. The molecule has 4 atom stereocenters. The zero-order chi connectivity index (χ0) is 26.0. The molecular weight excluding hydrogens is 458 g/mol. The van der Waals surface area contributed by atoms with E-state index in [9.17, 15) is 18.4 Å². The first-order valence-electron chi connectivity index (χ1n) is 13.0. The van der Waals surface area contributed by atoms with Gasteiger partial charge >= 0.3 is 0 Å². The molecule has 2 aromatic carbocycles. The molecule has 4 nitrogen and oxygen atoms in total. The van der Waals surface area contributed by atoms with E-state index in [4.69, 9.17) is 0 Å². The highest BCUT2D eigenvalue weighted by atomic mass is 19.1. The first kappa shape index (κ1) is 26.2. The standard InChI is InChI=1S/C30H36F2N2O2/c1-17(18(2)23-13-14-33-16-23)19(3)27(25-9-6-10-26(32)28(25)20(4)35)30(36)34-29(21-11-12-21)22-7-5-8-24(31)15-22/h5-10,15,17-18,21,23,29,33H,11-14,16H2,1-4H3,(H,34,36). The van der Waals surface area contributed by atoms with Crippen molar-refractivity contribution in [3.63, 3.8) is 0 Å². The fourth-order valence-corrected chi connectivity index (χ4v) is 5.58. The largest absolute Gasteiger partial charge is 0.345 e. The minimum Gasteiger partial charge on any atom is -0.345 e. The van der Waals surface area contributed by atoms with Crippen LogP contribution in [0.3, 0.4) is 0 Å². The van der Waals surface area contributed by atoms with Crippen LogP contribution in [0.4, 0.5) is 8.78 Å². The maximum Gasteiger partial charge on any atom is 0.252 e. The maximum atomic E-state index is 14.9. The van der Waals surface area contributed by atoms with Gasteiger partial charge < -0.3 is 10.6 Å². The second-order valence-electron chi connectivity index (χ2n) is 10.5. The summed E-state index contributed by atoms with van der Waals surface area (Å²) in [5.41, 5.74) is 2.13. The number of carbonyl (C=O) groups excluding carboxylic acids is 2. The number of rotatable bonds is 9. The minimum atomic E-state index is -0.636. The monoisotopic (exact) mass is 494 g/mol. The number of allylic oxidation sites excluding steroid dienone is 1. The van der Waals surface area contributed by atoms with E-state index >= 15 is 0 Å². The third kappa shape index (κ3) is 5.59. The van der Waals surface area contributed by atoms with E-state index in [2.05, 4.69) is 24.5 Å². The Kier molecular flexibility index (Phi) is 8.04. The zero-order valence-electron chi connectivity index (χ0n) is 21.5. The van der Waals surface area contributed by atoms with Crippen LogP contribution in [0, 0.1) is 35.3 Å². The lowest BCUT2D eigenvalue weighted by molar-refractivity contribution is -0.116. The summed E-state index contributed by atoms with van der Waals surface area (Å²) in [4.78, 5) is 26.5. The van der Waals surface area contributed by atoms with E-state index in [-0.39, 0.29) is 35.2 Å². The minimum absolute atomic E-state index is 0.0345. The van der Waals surface area contributed by atoms with Crippen molar-refractivity contribution < 1.29 is 18.4 Å². The predicted octanol–water partition coefficient (Wildman–Crippen LogP) is 6.09. The van der Waals surface area contributed by atoms with Crippen LogP contribution in [0.15, 0.2) is 48.0 Å². The summed E-state index contributed by atoms with van der Waals surface area (Å²) in [6, 6.07) is 10.4. The van der Waals surface area contributed by atoms with Crippen LogP contribution in [0.2, 0.25) is 0 Å². The van der Waals surface area contributed by atoms with Gasteiger partial charge in [0.25, 0.3) is 5.91 Å². The number of nitrogens with one attached hydrogen (secondary N) is 2.